The van der Waals surface area contributed by atoms with Crippen LogP contribution in [0.3, 0.4) is 0 Å². The Bertz CT molecular complexity index is 947. The van der Waals surface area contributed by atoms with Crippen molar-refractivity contribution in [1.29, 1.82) is 0 Å². The number of thioether (sulfide) groups is 1. The zero-order chi connectivity index (χ0) is 20.1. The van der Waals surface area contributed by atoms with Crippen LogP contribution in [0.2, 0.25) is 0 Å². The number of hydrogen-bond donors (Lipinski definition) is 1. The fourth-order valence-corrected chi connectivity index (χ4v) is 3.54. The summed E-state index contributed by atoms with van der Waals surface area (Å²) in [5.74, 6) is 1.52. The topological polar surface area (TPSA) is 59.8 Å². The summed E-state index contributed by atoms with van der Waals surface area (Å²) in [5, 5.41) is 12.5. The molecule has 3 rings (SSSR count). The van der Waals surface area contributed by atoms with E-state index in [1.54, 1.807) is 0 Å². The molecule has 0 bridgehead atoms. The molecular formula is C22H26N4OS. The summed E-state index contributed by atoms with van der Waals surface area (Å²) in [7, 11) is 0. The van der Waals surface area contributed by atoms with Crippen LogP contribution in [-0.2, 0) is 4.79 Å². The highest BCUT2D eigenvalue weighted by molar-refractivity contribution is 7.99. The van der Waals surface area contributed by atoms with Crippen LogP contribution in [0.4, 0.5) is 0 Å². The van der Waals surface area contributed by atoms with Crippen LogP contribution < -0.4 is 5.32 Å². The van der Waals surface area contributed by atoms with E-state index < -0.39 is 0 Å². The molecule has 0 atom stereocenters. The normalized spacial score (nSPS) is 11.0. The van der Waals surface area contributed by atoms with Gasteiger partial charge in [-0.1, -0.05) is 67.1 Å². The first-order chi connectivity index (χ1) is 13.4. The Morgan fingerprint density at radius 3 is 2.50 bits per heavy atom. The summed E-state index contributed by atoms with van der Waals surface area (Å²) in [6.45, 7) is 8.96. The average Bonchev–Trinajstić information content (AvgIpc) is 3.09. The highest BCUT2D eigenvalue weighted by atomic mass is 32.2. The third kappa shape index (κ3) is 5.01. The van der Waals surface area contributed by atoms with Crippen molar-refractivity contribution in [3.63, 3.8) is 0 Å². The minimum atomic E-state index is 0.00858. The Morgan fingerprint density at radius 2 is 1.82 bits per heavy atom. The minimum Gasteiger partial charge on any atom is -0.355 e. The number of nitrogens with one attached hydrogen (secondary N) is 1. The van der Waals surface area contributed by atoms with Crippen LogP contribution in [0.1, 0.15) is 25.0 Å². The van der Waals surface area contributed by atoms with Gasteiger partial charge in [-0.05, 0) is 38.0 Å². The second kappa shape index (κ2) is 9.06. The lowest BCUT2D eigenvalue weighted by Crippen LogP contribution is -2.28. The van der Waals surface area contributed by atoms with Gasteiger partial charge in [0, 0.05) is 17.8 Å². The maximum Gasteiger partial charge on any atom is 0.230 e. The van der Waals surface area contributed by atoms with E-state index in [2.05, 4.69) is 79.6 Å². The van der Waals surface area contributed by atoms with E-state index in [0.717, 1.165) is 17.1 Å². The summed E-state index contributed by atoms with van der Waals surface area (Å²) in [6, 6.07) is 16.5. The van der Waals surface area contributed by atoms with Crippen LogP contribution in [0, 0.1) is 19.8 Å². The standard InChI is InChI=1S/C22H26N4OS/c1-15(2)13-23-20(27)14-28-22-25-24-21(18-7-5-6-17(4)12-18)26(22)19-10-8-16(3)9-11-19/h5-12,15H,13-14H2,1-4H3,(H,23,27). The van der Waals surface area contributed by atoms with Crippen molar-refractivity contribution in [2.45, 2.75) is 32.9 Å². The predicted octanol–water partition coefficient (Wildman–Crippen LogP) is 4.42. The zero-order valence-corrected chi connectivity index (χ0v) is 17.6. The van der Waals surface area contributed by atoms with Crippen LogP contribution in [0.25, 0.3) is 17.1 Å². The van der Waals surface area contributed by atoms with Crippen molar-refractivity contribution >= 4 is 17.7 Å². The molecule has 0 aliphatic rings. The monoisotopic (exact) mass is 394 g/mol. The van der Waals surface area contributed by atoms with Gasteiger partial charge in [0.1, 0.15) is 0 Å². The summed E-state index contributed by atoms with van der Waals surface area (Å²) < 4.78 is 2.02. The molecule has 1 aromatic heterocycles. The summed E-state index contributed by atoms with van der Waals surface area (Å²) in [4.78, 5) is 12.1. The summed E-state index contributed by atoms with van der Waals surface area (Å²) in [5.41, 5.74) is 4.34. The predicted molar refractivity (Wildman–Crippen MR) is 115 cm³/mol. The van der Waals surface area contributed by atoms with E-state index in [1.165, 1.54) is 22.9 Å². The molecule has 0 unspecified atom stereocenters. The van der Waals surface area contributed by atoms with E-state index in [9.17, 15) is 4.79 Å². The molecule has 0 radical (unpaired) electrons. The Balaban J connectivity index is 1.92. The van der Waals surface area contributed by atoms with Crippen molar-refractivity contribution in [2.24, 2.45) is 5.92 Å². The molecule has 3 aromatic rings. The van der Waals surface area contributed by atoms with Gasteiger partial charge in [0.2, 0.25) is 5.91 Å². The van der Waals surface area contributed by atoms with Crippen LogP contribution in [0.15, 0.2) is 53.7 Å². The molecule has 0 aliphatic heterocycles. The molecule has 1 heterocycles. The smallest absolute Gasteiger partial charge is 0.230 e. The number of aromatic nitrogens is 3. The van der Waals surface area contributed by atoms with Crippen LogP contribution >= 0.6 is 11.8 Å². The Kier molecular flexibility index (Phi) is 6.52. The number of rotatable bonds is 7. The van der Waals surface area contributed by atoms with Crippen LogP contribution in [-0.4, -0.2) is 33.0 Å². The Labute approximate surface area is 170 Å². The van der Waals surface area contributed by atoms with Crippen molar-refractivity contribution in [3.8, 4) is 17.1 Å². The van der Waals surface area contributed by atoms with E-state index >= 15 is 0 Å². The maximum absolute atomic E-state index is 12.1. The lowest BCUT2D eigenvalue weighted by atomic mass is 10.1. The molecule has 0 spiro atoms. The summed E-state index contributed by atoms with van der Waals surface area (Å²) in [6.07, 6.45) is 0. The van der Waals surface area contributed by atoms with Gasteiger partial charge in [0.25, 0.3) is 0 Å². The molecule has 6 heteroatoms. The first-order valence-electron chi connectivity index (χ1n) is 9.43. The molecule has 0 saturated carbocycles. The first-order valence-corrected chi connectivity index (χ1v) is 10.4. The SMILES string of the molecule is Cc1ccc(-n2c(SCC(=O)NCC(C)C)nnc2-c2cccc(C)c2)cc1. The van der Waals surface area contributed by atoms with Crippen LogP contribution in [0.5, 0.6) is 0 Å². The quantitative estimate of drug-likeness (QED) is 0.603. The number of amides is 1. The van der Waals surface area contributed by atoms with Gasteiger partial charge in [0.15, 0.2) is 11.0 Å². The molecule has 0 aliphatic carbocycles. The summed E-state index contributed by atoms with van der Waals surface area (Å²) >= 11 is 1.40. The lowest BCUT2D eigenvalue weighted by Gasteiger charge is -2.11. The van der Waals surface area contributed by atoms with Gasteiger partial charge >= 0.3 is 0 Å². The van der Waals surface area contributed by atoms with Crippen molar-refractivity contribution in [3.05, 3.63) is 59.7 Å². The van der Waals surface area contributed by atoms with E-state index in [4.69, 9.17) is 0 Å². The molecule has 1 amide bonds. The first kappa shape index (κ1) is 20.1. The van der Waals surface area contributed by atoms with Gasteiger partial charge in [-0.3, -0.25) is 9.36 Å². The number of nitrogens with zero attached hydrogens (tertiary/aromatic N) is 3. The highest BCUT2D eigenvalue weighted by Crippen LogP contribution is 2.28. The van der Waals surface area contributed by atoms with E-state index in [1.807, 2.05) is 16.7 Å². The molecule has 0 saturated heterocycles. The Morgan fingerprint density at radius 1 is 1.07 bits per heavy atom. The molecule has 5 nitrogen and oxygen atoms in total. The minimum absolute atomic E-state index is 0.00858. The molecule has 0 fully saturated rings. The highest BCUT2D eigenvalue weighted by Gasteiger charge is 2.17. The average molecular weight is 395 g/mol. The van der Waals surface area contributed by atoms with Gasteiger partial charge < -0.3 is 5.32 Å². The maximum atomic E-state index is 12.1. The van der Waals surface area contributed by atoms with Gasteiger partial charge in [0.05, 0.1) is 5.75 Å². The van der Waals surface area contributed by atoms with Crippen molar-refractivity contribution in [1.82, 2.24) is 20.1 Å². The van der Waals surface area contributed by atoms with E-state index in [0.29, 0.717) is 23.4 Å². The molecule has 28 heavy (non-hydrogen) atoms. The molecule has 1 N–H and O–H groups in total. The Hall–Kier alpha value is -2.60. The van der Waals surface area contributed by atoms with Gasteiger partial charge in [-0.25, -0.2) is 0 Å². The molecular weight excluding hydrogens is 368 g/mol. The zero-order valence-electron chi connectivity index (χ0n) is 16.8. The third-order valence-corrected chi connectivity index (χ3v) is 5.17. The fourth-order valence-electron chi connectivity index (χ4n) is 2.76. The number of carbonyl (C=O) groups is 1. The van der Waals surface area contributed by atoms with Crippen molar-refractivity contribution < 1.29 is 4.79 Å². The largest absolute Gasteiger partial charge is 0.355 e. The lowest BCUT2D eigenvalue weighted by molar-refractivity contribution is -0.118. The second-order valence-electron chi connectivity index (χ2n) is 7.33. The molecule has 146 valence electrons. The van der Waals surface area contributed by atoms with Gasteiger partial charge in [-0.2, -0.15) is 0 Å². The fraction of sp³-hybridized carbons (Fsp3) is 0.318. The number of aryl methyl sites for hydroxylation is 2. The number of carbonyl (C=O) groups excluding carboxylic acids is 1. The van der Waals surface area contributed by atoms with Crippen molar-refractivity contribution in [2.75, 3.05) is 12.3 Å². The van der Waals surface area contributed by atoms with E-state index in [-0.39, 0.29) is 5.91 Å². The molecule has 2 aromatic carbocycles. The third-order valence-electron chi connectivity index (χ3n) is 4.24. The number of benzene rings is 2. The number of hydrogen-bond acceptors (Lipinski definition) is 4. The second-order valence-corrected chi connectivity index (χ2v) is 8.28. The van der Waals surface area contributed by atoms with Gasteiger partial charge in [-0.15, -0.1) is 10.2 Å².